The Morgan fingerprint density at radius 2 is 1.92 bits per heavy atom. The molecular formula is C25H23Cl3N4O5S. The third kappa shape index (κ3) is 5.99. The van der Waals surface area contributed by atoms with Gasteiger partial charge in [0.15, 0.2) is 5.16 Å². The number of amides is 2. The molecule has 2 aromatic carbocycles. The summed E-state index contributed by atoms with van der Waals surface area (Å²) >= 11 is 18.9. The fourth-order valence-corrected chi connectivity index (χ4v) is 5.63. The minimum absolute atomic E-state index is 0.0304. The number of benzene rings is 2. The number of H-pyrrole nitrogens is 1. The van der Waals surface area contributed by atoms with Crippen LogP contribution in [0, 0.1) is 0 Å². The number of carbonyl (C=O) groups excluding carboxylic acids is 2. The zero-order valence-electron chi connectivity index (χ0n) is 20.1. The van der Waals surface area contributed by atoms with E-state index in [9.17, 15) is 23.7 Å². The maximum Gasteiger partial charge on any atom is 0.326 e. The molecule has 0 saturated heterocycles. The van der Waals surface area contributed by atoms with Crippen molar-refractivity contribution in [1.29, 1.82) is 0 Å². The summed E-state index contributed by atoms with van der Waals surface area (Å²) in [5, 5.41) is 12.9. The topological polar surface area (TPSA) is 132 Å². The fraction of sp³-hybridized carbons (Fsp3) is 0.240. The van der Waals surface area contributed by atoms with Gasteiger partial charge in [-0.05, 0) is 53.7 Å². The molecule has 0 saturated carbocycles. The smallest absolute Gasteiger partial charge is 0.326 e. The number of hydrogen-bond acceptors (Lipinski definition) is 5. The Hall–Kier alpha value is -3.05. The Balaban J connectivity index is 1.53. The van der Waals surface area contributed by atoms with Crippen LogP contribution in [0.3, 0.4) is 0 Å². The van der Waals surface area contributed by atoms with Crippen molar-refractivity contribution in [2.45, 2.75) is 30.6 Å². The van der Waals surface area contributed by atoms with Gasteiger partial charge in [-0.3, -0.25) is 13.8 Å². The van der Waals surface area contributed by atoms with Crippen molar-refractivity contribution in [3.63, 3.8) is 0 Å². The molecule has 0 spiro atoms. The van der Waals surface area contributed by atoms with Crippen LogP contribution in [0.25, 0.3) is 0 Å². The Labute approximate surface area is 234 Å². The number of carbonyl (C=O) groups is 3. The standard InChI is InChI=1S/C25H23Cl3N4O5S/c1-38(2,37)25-29-11-16(30-25)10-19(24(35)36)31-22(33)20-18(27)9-14-12-32(8-7-17(14)21(20)28)23(34)13-3-5-15(26)6-4-13/h3-6,9,11,19H,1,7-8,10,12H2,2H3,(H,29,30)(H,31,33)(H,35,36)/t19-,38?/m0/s1. The molecule has 4 rings (SSSR count). The van der Waals surface area contributed by atoms with E-state index in [2.05, 4.69) is 21.2 Å². The molecule has 38 heavy (non-hydrogen) atoms. The fourth-order valence-electron chi connectivity index (χ4n) is 4.12. The van der Waals surface area contributed by atoms with Gasteiger partial charge >= 0.3 is 5.97 Å². The second-order valence-electron chi connectivity index (χ2n) is 8.96. The molecule has 0 bridgehead atoms. The molecule has 1 aliphatic heterocycles. The minimum atomic E-state index is -2.62. The van der Waals surface area contributed by atoms with Crippen LogP contribution in [-0.2, 0) is 33.7 Å². The van der Waals surface area contributed by atoms with Crippen LogP contribution in [0.5, 0.6) is 0 Å². The number of imidazole rings is 1. The zero-order chi connectivity index (χ0) is 27.8. The van der Waals surface area contributed by atoms with Crippen LogP contribution in [0.4, 0.5) is 0 Å². The van der Waals surface area contributed by atoms with Crippen molar-refractivity contribution in [3.8, 4) is 0 Å². The average molecular weight is 598 g/mol. The molecule has 200 valence electrons. The Morgan fingerprint density at radius 1 is 1.24 bits per heavy atom. The number of halogens is 3. The predicted octanol–water partition coefficient (Wildman–Crippen LogP) is 3.70. The lowest BCUT2D eigenvalue weighted by molar-refractivity contribution is -0.139. The number of nitrogens with zero attached hydrogens (tertiary/aromatic N) is 2. The van der Waals surface area contributed by atoms with E-state index in [0.29, 0.717) is 40.4 Å². The van der Waals surface area contributed by atoms with Gasteiger partial charge in [0, 0.05) is 57.8 Å². The molecule has 1 unspecified atom stereocenters. The highest BCUT2D eigenvalue weighted by atomic mass is 35.5. The molecule has 2 atom stereocenters. The molecule has 9 nitrogen and oxygen atoms in total. The van der Waals surface area contributed by atoms with Gasteiger partial charge in [-0.1, -0.05) is 34.8 Å². The number of aromatic amines is 1. The summed E-state index contributed by atoms with van der Waals surface area (Å²) in [7, 11) is -2.62. The van der Waals surface area contributed by atoms with E-state index in [0.717, 1.165) is 0 Å². The summed E-state index contributed by atoms with van der Waals surface area (Å²) in [6, 6.07) is 6.81. The molecule has 0 fully saturated rings. The SMILES string of the molecule is C=S(C)(=O)c1ncc(C[C@H](NC(=O)c2c(Cl)cc3c(c2Cl)CCN(C(=O)c2ccc(Cl)cc2)C3)C(=O)O)[nH]1. The molecule has 13 heteroatoms. The lowest BCUT2D eigenvalue weighted by atomic mass is 9.95. The van der Waals surface area contributed by atoms with Crippen LogP contribution < -0.4 is 5.32 Å². The Morgan fingerprint density at radius 3 is 2.53 bits per heavy atom. The Bertz CT molecular complexity index is 1540. The molecule has 1 aliphatic rings. The number of aromatic nitrogens is 2. The van der Waals surface area contributed by atoms with Gasteiger partial charge in [0.2, 0.25) is 0 Å². The first-order valence-electron chi connectivity index (χ1n) is 11.3. The normalized spacial score (nSPS) is 15.3. The lowest BCUT2D eigenvalue weighted by Gasteiger charge is -2.30. The number of carboxylic acids is 1. The van der Waals surface area contributed by atoms with E-state index in [1.807, 2.05) is 0 Å². The molecule has 3 aromatic rings. The quantitative estimate of drug-likeness (QED) is 0.356. The molecule has 0 radical (unpaired) electrons. The highest BCUT2D eigenvalue weighted by Gasteiger charge is 2.30. The van der Waals surface area contributed by atoms with Crippen molar-refractivity contribution in [1.82, 2.24) is 20.2 Å². The van der Waals surface area contributed by atoms with Gasteiger partial charge < -0.3 is 20.3 Å². The van der Waals surface area contributed by atoms with Gasteiger partial charge in [-0.25, -0.2) is 9.78 Å². The summed E-state index contributed by atoms with van der Waals surface area (Å²) < 4.78 is 12.1. The van der Waals surface area contributed by atoms with Crippen LogP contribution in [-0.4, -0.2) is 66.7 Å². The third-order valence-electron chi connectivity index (χ3n) is 6.05. The third-order valence-corrected chi connectivity index (χ3v) is 8.04. The van der Waals surface area contributed by atoms with E-state index >= 15 is 0 Å². The molecule has 2 amide bonds. The number of aliphatic carboxylic acids is 1. The Kier molecular flexibility index (Phi) is 8.08. The van der Waals surface area contributed by atoms with Gasteiger partial charge in [-0.15, -0.1) is 0 Å². The molecule has 0 aliphatic carbocycles. The first-order valence-corrected chi connectivity index (χ1v) is 14.6. The molecular weight excluding hydrogens is 575 g/mol. The van der Waals surface area contributed by atoms with Gasteiger partial charge in [0.1, 0.15) is 6.04 Å². The van der Waals surface area contributed by atoms with E-state index in [1.165, 1.54) is 12.5 Å². The van der Waals surface area contributed by atoms with Crippen LogP contribution in [0.2, 0.25) is 15.1 Å². The van der Waals surface area contributed by atoms with Crippen molar-refractivity contribution in [2.24, 2.45) is 0 Å². The lowest BCUT2D eigenvalue weighted by Crippen LogP contribution is -2.43. The second kappa shape index (κ2) is 11.0. The maximum atomic E-state index is 13.1. The number of carboxylic acid groups (broad SMARTS) is 1. The first-order chi connectivity index (χ1) is 17.8. The summed E-state index contributed by atoms with van der Waals surface area (Å²) in [6.07, 6.45) is 2.98. The van der Waals surface area contributed by atoms with Crippen LogP contribution in [0.15, 0.2) is 41.7 Å². The van der Waals surface area contributed by atoms with E-state index in [4.69, 9.17) is 34.8 Å². The number of nitrogens with one attached hydrogen (secondary N) is 2. The average Bonchev–Trinajstić information content (AvgIpc) is 3.32. The van der Waals surface area contributed by atoms with Gasteiger partial charge in [-0.2, -0.15) is 0 Å². The summed E-state index contributed by atoms with van der Waals surface area (Å²) in [6.45, 7) is 0.606. The van der Waals surface area contributed by atoms with Crippen molar-refractivity contribution in [2.75, 3.05) is 12.8 Å². The first kappa shape index (κ1) is 28.0. The molecule has 2 heterocycles. The monoisotopic (exact) mass is 596 g/mol. The van der Waals surface area contributed by atoms with Crippen LogP contribution >= 0.6 is 34.8 Å². The highest BCUT2D eigenvalue weighted by molar-refractivity contribution is 7.99. The second-order valence-corrected chi connectivity index (χ2v) is 12.6. The van der Waals surface area contributed by atoms with Crippen LogP contribution in [0.1, 0.15) is 37.5 Å². The van der Waals surface area contributed by atoms with Crippen molar-refractivity contribution >= 4 is 68.0 Å². The van der Waals surface area contributed by atoms with Crippen molar-refractivity contribution < 1.29 is 23.7 Å². The van der Waals surface area contributed by atoms with E-state index in [-0.39, 0.29) is 39.6 Å². The number of rotatable bonds is 7. The predicted molar refractivity (Wildman–Crippen MR) is 147 cm³/mol. The summed E-state index contributed by atoms with van der Waals surface area (Å²) in [5.41, 5.74) is 2.17. The highest BCUT2D eigenvalue weighted by Crippen LogP contribution is 2.35. The molecule has 3 N–H and O–H groups in total. The van der Waals surface area contributed by atoms with Gasteiger partial charge in [0.25, 0.3) is 11.8 Å². The largest absolute Gasteiger partial charge is 0.480 e. The minimum Gasteiger partial charge on any atom is -0.480 e. The number of fused-ring (bicyclic) bond motifs is 1. The van der Waals surface area contributed by atoms with E-state index < -0.39 is 27.4 Å². The molecule has 1 aromatic heterocycles. The van der Waals surface area contributed by atoms with E-state index in [1.54, 1.807) is 35.2 Å². The summed E-state index contributed by atoms with van der Waals surface area (Å²) in [5.74, 6) is 1.31. The van der Waals surface area contributed by atoms with Gasteiger partial charge in [0.05, 0.1) is 15.6 Å². The van der Waals surface area contributed by atoms with Crippen molar-refractivity contribution in [3.05, 3.63) is 79.5 Å². The summed E-state index contributed by atoms with van der Waals surface area (Å²) in [4.78, 5) is 46.4. The zero-order valence-corrected chi connectivity index (χ0v) is 23.2. The maximum absolute atomic E-state index is 13.1. The number of hydrogen-bond donors (Lipinski definition) is 3.